The molecule has 0 amide bonds. The minimum atomic E-state index is 0.340. The zero-order valence-electron chi connectivity index (χ0n) is 21.3. The second-order valence-corrected chi connectivity index (χ2v) is 10.6. The van der Waals surface area contributed by atoms with Gasteiger partial charge in [-0.3, -0.25) is 9.40 Å². The molecule has 1 aliphatic rings. The van der Waals surface area contributed by atoms with Gasteiger partial charge in [0.25, 0.3) is 0 Å². The Morgan fingerprint density at radius 2 is 1.79 bits per heavy atom. The van der Waals surface area contributed by atoms with Gasteiger partial charge in [-0.15, -0.1) is 0 Å². The maximum Gasteiger partial charge on any atom is 0.237 e. The molecule has 0 bridgehead atoms. The molecule has 11 heteroatoms. The maximum absolute atomic E-state index is 6.82. The summed E-state index contributed by atoms with van der Waals surface area (Å²) in [5.41, 5.74) is 2.86. The third-order valence-electron chi connectivity index (χ3n) is 6.32. The van der Waals surface area contributed by atoms with E-state index in [4.69, 9.17) is 27.9 Å². The Morgan fingerprint density at radius 3 is 2.55 bits per heavy atom. The fraction of sp³-hybridized carbons (Fsp3) is 0.296. The fourth-order valence-electron chi connectivity index (χ4n) is 4.20. The first-order chi connectivity index (χ1) is 18.5. The van der Waals surface area contributed by atoms with E-state index in [0.717, 1.165) is 42.3 Å². The number of likely N-dealkylation sites (N-methyl/N-ethyl adjacent to an activating group) is 1. The Hall–Kier alpha value is -2.98. The van der Waals surface area contributed by atoms with E-state index in [1.165, 1.54) is 17.5 Å². The Kier molecular flexibility index (Phi) is 8.58. The summed E-state index contributed by atoms with van der Waals surface area (Å²) in [5, 5.41) is 5.34. The highest BCUT2D eigenvalue weighted by molar-refractivity contribution is 8.00. The summed E-state index contributed by atoms with van der Waals surface area (Å²) in [5.74, 6) is 1.26. The molecular formula is C27H29Cl2N7OS. The predicted molar refractivity (Wildman–Crippen MR) is 155 cm³/mol. The molecule has 1 fully saturated rings. The van der Waals surface area contributed by atoms with Gasteiger partial charge in [0, 0.05) is 32.4 Å². The number of nitrogens with zero attached hydrogens (tertiary/aromatic N) is 6. The van der Waals surface area contributed by atoms with Crippen LogP contribution in [0, 0.1) is 0 Å². The van der Waals surface area contributed by atoms with Crippen molar-refractivity contribution < 1.29 is 4.74 Å². The highest BCUT2D eigenvalue weighted by Crippen LogP contribution is 2.39. The van der Waals surface area contributed by atoms with Gasteiger partial charge >= 0.3 is 0 Å². The summed E-state index contributed by atoms with van der Waals surface area (Å²) in [7, 11) is 2.13. The van der Waals surface area contributed by atoms with Crippen LogP contribution in [0.5, 0.6) is 11.6 Å². The Balaban J connectivity index is 1.31. The maximum atomic E-state index is 6.82. The first kappa shape index (κ1) is 26.6. The van der Waals surface area contributed by atoms with Gasteiger partial charge in [0.05, 0.1) is 28.9 Å². The van der Waals surface area contributed by atoms with Gasteiger partial charge in [0.1, 0.15) is 15.9 Å². The van der Waals surface area contributed by atoms with Gasteiger partial charge < -0.3 is 14.5 Å². The van der Waals surface area contributed by atoms with Crippen LogP contribution < -0.4 is 14.4 Å². The molecule has 0 spiro atoms. The van der Waals surface area contributed by atoms with Gasteiger partial charge in [-0.05, 0) is 43.1 Å². The lowest BCUT2D eigenvalue weighted by Gasteiger charge is -2.34. The van der Waals surface area contributed by atoms with Crippen molar-refractivity contribution >= 4 is 46.8 Å². The molecule has 1 saturated heterocycles. The van der Waals surface area contributed by atoms with Crippen LogP contribution in [0.2, 0.25) is 10.2 Å². The van der Waals surface area contributed by atoms with E-state index in [-0.39, 0.29) is 0 Å². The number of piperazine rings is 1. The number of aromatic nitrogens is 4. The molecule has 5 rings (SSSR count). The minimum absolute atomic E-state index is 0.340. The molecule has 0 radical (unpaired) electrons. The minimum Gasteiger partial charge on any atom is -0.437 e. The molecule has 2 aromatic carbocycles. The van der Waals surface area contributed by atoms with Crippen molar-refractivity contribution in [1.29, 1.82) is 0 Å². The molecule has 3 heterocycles. The number of anilines is 2. The normalized spacial score (nSPS) is 14.1. The zero-order chi connectivity index (χ0) is 26.5. The molecule has 1 aliphatic heterocycles. The zero-order valence-corrected chi connectivity index (χ0v) is 23.6. The second-order valence-electron chi connectivity index (χ2n) is 9.02. The molecule has 198 valence electrons. The van der Waals surface area contributed by atoms with Crippen LogP contribution in [0.15, 0.2) is 65.8 Å². The monoisotopic (exact) mass is 569 g/mol. The Bertz CT molecular complexity index is 1380. The quantitative estimate of drug-likeness (QED) is 0.187. The summed E-state index contributed by atoms with van der Waals surface area (Å²) >= 11 is 14.7. The third kappa shape index (κ3) is 6.35. The van der Waals surface area contributed by atoms with Gasteiger partial charge in [-0.25, -0.2) is 0 Å². The SMILES string of the molecule is CCc1c(Cl)nc(NSc2cnn(Cc3ccccc3)c2)nc1Oc1cccc(N2CCN(C)CC2)c1Cl. The van der Waals surface area contributed by atoms with Crippen molar-refractivity contribution in [2.45, 2.75) is 24.8 Å². The summed E-state index contributed by atoms with van der Waals surface area (Å²) in [6, 6.07) is 16.0. The first-order valence-electron chi connectivity index (χ1n) is 12.5. The topological polar surface area (TPSA) is 71.3 Å². The number of halogens is 2. The van der Waals surface area contributed by atoms with E-state index in [0.29, 0.717) is 40.7 Å². The Morgan fingerprint density at radius 1 is 1.00 bits per heavy atom. The van der Waals surface area contributed by atoms with Gasteiger partial charge in [-0.1, -0.05) is 66.5 Å². The predicted octanol–water partition coefficient (Wildman–Crippen LogP) is 6.25. The van der Waals surface area contributed by atoms with Crippen LogP contribution in [-0.4, -0.2) is 57.9 Å². The molecular weight excluding hydrogens is 541 g/mol. The van der Waals surface area contributed by atoms with E-state index in [1.807, 2.05) is 54.2 Å². The molecule has 1 N–H and O–H groups in total. The average molecular weight is 571 g/mol. The summed E-state index contributed by atoms with van der Waals surface area (Å²) < 4.78 is 11.3. The fourth-order valence-corrected chi connectivity index (χ4v) is 5.35. The van der Waals surface area contributed by atoms with Gasteiger partial charge in [0.2, 0.25) is 11.8 Å². The summed E-state index contributed by atoms with van der Waals surface area (Å²) in [6.07, 6.45) is 4.38. The third-order valence-corrected chi connectivity index (χ3v) is 7.75. The van der Waals surface area contributed by atoms with E-state index in [9.17, 15) is 0 Å². The van der Waals surface area contributed by atoms with Crippen LogP contribution in [0.1, 0.15) is 18.1 Å². The highest BCUT2D eigenvalue weighted by atomic mass is 35.5. The standard InChI is InChI=1S/C27H29Cl2N7OS/c1-3-21-25(29)31-27(33-38-20-16-30-36(18-20)17-19-8-5-4-6-9-19)32-26(21)37-23-11-7-10-22(24(23)28)35-14-12-34(2)13-15-35/h4-11,16,18H,3,12-15,17H2,1-2H3,(H,31,32,33). The van der Waals surface area contributed by atoms with Crippen LogP contribution in [0.4, 0.5) is 11.6 Å². The lowest BCUT2D eigenvalue weighted by atomic mass is 10.2. The van der Waals surface area contributed by atoms with Crippen LogP contribution in [0.3, 0.4) is 0 Å². The number of ether oxygens (including phenoxy) is 1. The van der Waals surface area contributed by atoms with Crippen LogP contribution >= 0.6 is 35.1 Å². The van der Waals surface area contributed by atoms with Crippen molar-refractivity contribution in [3.8, 4) is 11.6 Å². The van der Waals surface area contributed by atoms with Crippen LogP contribution in [0.25, 0.3) is 0 Å². The molecule has 38 heavy (non-hydrogen) atoms. The molecule has 0 atom stereocenters. The number of rotatable bonds is 9. The smallest absolute Gasteiger partial charge is 0.237 e. The van der Waals surface area contributed by atoms with Crippen molar-refractivity contribution in [3.05, 3.63) is 82.2 Å². The molecule has 4 aromatic rings. The lowest BCUT2D eigenvalue weighted by Crippen LogP contribution is -2.44. The highest BCUT2D eigenvalue weighted by Gasteiger charge is 2.21. The van der Waals surface area contributed by atoms with Crippen molar-refractivity contribution in [2.24, 2.45) is 0 Å². The van der Waals surface area contributed by atoms with E-state index >= 15 is 0 Å². The molecule has 0 unspecified atom stereocenters. The van der Waals surface area contributed by atoms with E-state index in [1.54, 1.807) is 6.20 Å². The van der Waals surface area contributed by atoms with Crippen molar-refractivity contribution in [2.75, 3.05) is 42.8 Å². The molecule has 2 aromatic heterocycles. The summed E-state index contributed by atoms with van der Waals surface area (Å²) in [4.78, 5) is 14.6. The van der Waals surface area contributed by atoms with Crippen LogP contribution in [-0.2, 0) is 13.0 Å². The summed E-state index contributed by atoms with van der Waals surface area (Å²) in [6.45, 7) is 6.48. The average Bonchev–Trinajstić information content (AvgIpc) is 3.37. The molecule has 0 aliphatic carbocycles. The molecule has 0 saturated carbocycles. The van der Waals surface area contributed by atoms with E-state index in [2.05, 4.69) is 48.8 Å². The van der Waals surface area contributed by atoms with Gasteiger partial charge in [0.15, 0.2) is 0 Å². The largest absolute Gasteiger partial charge is 0.437 e. The van der Waals surface area contributed by atoms with E-state index < -0.39 is 0 Å². The number of nitrogens with one attached hydrogen (secondary N) is 1. The molecule has 8 nitrogen and oxygen atoms in total. The Labute approximate surface area is 237 Å². The number of hydrogen-bond donors (Lipinski definition) is 1. The lowest BCUT2D eigenvalue weighted by molar-refractivity contribution is 0.313. The van der Waals surface area contributed by atoms with Crippen molar-refractivity contribution in [1.82, 2.24) is 24.6 Å². The number of benzene rings is 2. The van der Waals surface area contributed by atoms with Crippen molar-refractivity contribution in [3.63, 3.8) is 0 Å². The first-order valence-corrected chi connectivity index (χ1v) is 14.0. The second kappa shape index (κ2) is 12.3. The van der Waals surface area contributed by atoms with Gasteiger partial charge in [-0.2, -0.15) is 15.1 Å². The number of hydrogen-bond acceptors (Lipinski definition) is 8.